The molecule has 0 aliphatic heterocycles. The molecule has 0 fully saturated rings. The molecule has 132 valence electrons. The summed E-state index contributed by atoms with van der Waals surface area (Å²) in [4.78, 5) is 27.0. The van der Waals surface area contributed by atoms with Crippen molar-refractivity contribution in [3.8, 4) is 11.5 Å². The van der Waals surface area contributed by atoms with Gasteiger partial charge in [-0.3, -0.25) is 10.1 Å². The lowest BCUT2D eigenvalue weighted by Crippen LogP contribution is -2.07. The number of aromatic nitrogens is 1. The number of nitrogens with zero attached hydrogens (tertiary/aromatic N) is 2. The Kier molecular flexibility index (Phi) is 4.79. The third kappa shape index (κ3) is 3.61. The average Bonchev–Trinajstić information content (AvgIpc) is 3.01. The normalized spacial score (nSPS) is 10.5. The minimum Gasteiger partial charge on any atom is -0.455 e. The van der Waals surface area contributed by atoms with Crippen LogP contribution < -0.4 is 0 Å². The van der Waals surface area contributed by atoms with Crippen LogP contribution >= 0.6 is 0 Å². The lowest BCUT2D eigenvalue weighted by atomic mass is 10.1. The fourth-order valence-electron chi connectivity index (χ4n) is 2.42. The van der Waals surface area contributed by atoms with Gasteiger partial charge in [-0.25, -0.2) is 9.78 Å². The van der Waals surface area contributed by atoms with Gasteiger partial charge in [0, 0.05) is 17.2 Å². The fraction of sp³-hybridized carbons (Fsp3) is 0.158. The van der Waals surface area contributed by atoms with Crippen LogP contribution in [0.15, 0.2) is 52.9 Å². The van der Waals surface area contributed by atoms with Crippen LogP contribution in [0.1, 0.15) is 27.4 Å². The van der Waals surface area contributed by atoms with Crippen LogP contribution in [0.2, 0.25) is 0 Å². The summed E-state index contributed by atoms with van der Waals surface area (Å²) >= 11 is 0. The summed E-state index contributed by atoms with van der Waals surface area (Å²) in [6, 6.07) is 13.6. The lowest BCUT2D eigenvalue weighted by molar-refractivity contribution is -0.385. The van der Waals surface area contributed by atoms with Crippen LogP contribution in [0.5, 0.6) is 0 Å². The molecule has 1 aromatic heterocycles. The SMILES string of the molecule is Cc1ccc(C(=O)OCc2nc(-c3ccccc3)oc2C)cc1[N+](=O)[O-]. The molecule has 0 saturated carbocycles. The van der Waals surface area contributed by atoms with E-state index in [4.69, 9.17) is 9.15 Å². The molecule has 0 spiro atoms. The average molecular weight is 352 g/mol. The molecule has 0 aliphatic rings. The van der Waals surface area contributed by atoms with Gasteiger partial charge in [-0.15, -0.1) is 0 Å². The number of nitro benzene ring substituents is 1. The van der Waals surface area contributed by atoms with Gasteiger partial charge in [-0.05, 0) is 32.0 Å². The predicted octanol–water partition coefficient (Wildman–Crippen LogP) is 4.22. The minimum atomic E-state index is -0.656. The van der Waals surface area contributed by atoms with E-state index in [0.717, 1.165) is 5.56 Å². The van der Waals surface area contributed by atoms with Gasteiger partial charge in [-0.2, -0.15) is 0 Å². The number of nitro groups is 1. The van der Waals surface area contributed by atoms with E-state index in [2.05, 4.69) is 4.98 Å². The molecule has 0 radical (unpaired) electrons. The van der Waals surface area contributed by atoms with E-state index in [1.54, 1.807) is 13.8 Å². The Labute approximate surface area is 149 Å². The number of hydrogen-bond acceptors (Lipinski definition) is 6. The summed E-state index contributed by atoms with van der Waals surface area (Å²) in [5.74, 6) is 0.337. The van der Waals surface area contributed by atoms with Crippen LogP contribution in [0.25, 0.3) is 11.5 Å². The van der Waals surface area contributed by atoms with Crippen molar-refractivity contribution in [3.63, 3.8) is 0 Å². The molecular weight excluding hydrogens is 336 g/mol. The largest absolute Gasteiger partial charge is 0.455 e. The molecule has 7 heteroatoms. The molecular formula is C19H16N2O5. The van der Waals surface area contributed by atoms with Gasteiger partial charge in [0.1, 0.15) is 18.1 Å². The maximum atomic E-state index is 12.2. The first-order valence-corrected chi connectivity index (χ1v) is 7.89. The van der Waals surface area contributed by atoms with Crippen molar-refractivity contribution in [2.24, 2.45) is 0 Å². The second kappa shape index (κ2) is 7.18. The van der Waals surface area contributed by atoms with Gasteiger partial charge in [0.25, 0.3) is 5.69 Å². The van der Waals surface area contributed by atoms with Gasteiger partial charge in [-0.1, -0.05) is 24.3 Å². The van der Waals surface area contributed by atoms with Crippen molar-refractivity contribution in [1.29, 1.82) is 0 Å². The Bertz CT molecular complexity index is 963. The Morgan fingerprint density at radius 2 is 1.92 bits per heavy atom. The van der Waals surface area contributed by atoms with Crippen molar-refractivity contribution in [2.75, 3.05) is 0 Å². The summed E-state index contributed by atoms with van der Waals surface area (Å²) in [6.45, 7) is 3.26. The quantitative estimate of drug-likeness (QED) is 0.387. The molecule has 3 rings (SSSR count). The van der Waals surface area contributed by atoms with Gasteiger partial charge in [0.15, 0.2) is 0 Å². The number of esters is 1. The molecule has 0 unspecified atom stereocenters. The molecule has 1 heterocycles. The number of benzene rings is 2. The Morgan fingerprint density at radius 3 is 2.62 bits per heavy atom. The van der Waals surface area contributed by atoms with Crippen LogP contribution in [0, 0.1) is 24.0 Å². The van der Waals surface area contributed by atoms with Crippen LogP contribution in [0.3, 0.4) is 0 Å². The highest BCUT2D eigenvalue weighted by atomic mass is 16.6. The highest BCUT2D eigenvalue weighted by Gasteiger charge is 2.18. The van der Waals surface area contributed by atoms with E-state index >= 15 is 0 Å². The highest BCUT2D eigenvalue weighted by Crippen LogP contribution is 2.23. The molecule has 0 bridgehead atoms. The van der Waals surface area contributed by atoms with Gasteiger partial charge >= 0.3 is 5.97 Å². The number of ether oxygens (including phenoxy) is 1. The molecule has 7 nitrogen and oxygen atoms in total. The number of carbonyl (C=O) groups is 1. The number of oxazole rings is 1. The Hall–Kier alpha value is -3.48. The molecule has 26 heavy (non-hydrogen) atoms. The third-order valence-electron chi connectivity index (χ3n) is 3.89. The standard InChI is InChI=1S/C19H16N2O5/c1-12-8-9-15(10-17(12)21(23)24)19(22)25-11-16-13(2)26-18(20-16)14-6-4-3-5-7-14/h3-10H,11H2,1-2H3. The van der Waals surface area contributed by atoms with E-state index < -0.39 is 10.9 Å². The van der Waals surface area contributed by atoms with E-state index in [1.807, 2.05) is 30.3 Å². The smallest absolute Gasteiger partial charge is 0.338 e. The zero-order valence-electron chi connectivity index (χ0n) is 14.3. The van der Waals surface area contributed by atoms with Crippen LogP contribution in [-0.2, 0) is 11.3 Å². The van der Waals surface area contributed by atoms with Crippen molar-refractivity contribution >= 4 is 11.7 Å². The molecule has 3 aromatic rings. The maximum absolute atomic E-state index is 12.2. The highest BCUT2D eigenvalue weighted by molar-refractivity contribution is 5.90. The van der Waals surface area contributed by atoms with Crippen molar-refractivity contribution in [3.05, 3.63) is 81.2 Å². The van der Waals surface area contributed by atoms with E-state index in [0.29, 0.717) is 22.9 Å². The zero-order valence-corrected chi connectivity index (χ0v) is 14.3. The molecule has 0 N–H and O–H groups in total. The number of hydrogen-bond donors (Lipinski definition) is 0. The molecule has 0 atom stereocenters. The summed E-state index contributed by atoms with van der Waals surface area (Å²) in [6.07, 6.45) is 0. The third-order valence-corrected chi connectivity index (χ3v) is 3.89. The molecule has 2 aromatic carbocycles. The first-order chi connectivity index (χ1) is 12.5. The maximum Gasteiger partial charge on any atom is 0.338 e. The van der Waals surface area contributed by atoms with E-state index in [1.165, 1.54) is 18.2 Å². The first kappa shape index (κ1) is 17.3. The second-order valence-corrected chi connectivity index (χ2v) is 5.72. The minimum absolute atomic E-state index is 0.0807. The zero-order chi connectivity index (χ0) is 18.7. The van der Waals surface area contributed by atoms with Gasteiger partial charge in [0.05, 0.1) is 10.5 Å². The molecule has 0 aliphatic carbocycles. The van der Waals surface area contributed by atoms with Crippen molar-refractivity contribution < 1.29 is 18.9 Å². The monoisotopic (exact) mass is 352 g/mol. The number of carbonyl (C=O) groups excluding carboxylic acids is 1. The van der Waals surface area contributed by atoms with Crippen LogP contribution in [-0.4, -0.2) is 15.9 Å². The Morgan fingerprint density at radius 1 is 1.19 bits per heavy atom. The van der Waals surface area contributed by atoms with Gasteiger partial charge < -0.3 is 9.15 Å². The topological polar surface area (TPSA) is 95.5 Å². The first-order valence-electron chi connectivity index (χ1n) is 7.89. The summed E-state index contributed by atoms with van der Waals surface area (Å²) in [5, 5.41) is 11.0. The Balaban J connectivity index is 1.73. The van der Waals surface area contributed by atoms with Crippen molar-refractivity contribution in [2.45, 2.75) is 20.5 Å². The molecule has 0 saturated heterocycles. The molecule has 0 amide bonds. The van der Waals surface area contributed by atoms with Crippen molar-refractivity contribution in [1.82, 2.24) is 4.98 Å². The fourth-order valence-corrected chi connectivity index (χ4v) is 2.42. The number of rotatable bonds is 5. The predicted molar refractivity (Wildman–Crippen MR) is 93.6 cm³/mol. The lowest BCUT2D eigenvalue weighted by Gasteiger charge is -2.04. The van der Waals surface area contributed by atoms with E-state index in [-0.39, 0.29) is 17.9 Å². The summed E-state index contributed by atoms with van der Waals surface area (Å²) in [7, 11) is 0. The summed E-state index contributed by atoms with van der Waals surface area (Å²) < 4.78 is 10.8. The second-order valence-electron chi connectivity index (χ2n) is 5.72. The number of aryl methyl sites for hydroxylation is 2. The summed E-state index contributed by atoms with van der Waals surface area (Å²) in [5.41, 5.74) is 1.79. The van der Waals surface area contributed by atoms with E-state index in [9.17, 15) is 14.9 Å². The van der Waals surface area contributed by atoms with Gasteiger partial charge in [0.2, 0.25) is 5.89 Å². The van der Waals surface area contributed by atoms with Crippen LogP contribution in [0.4, 0.5) is 5.69 Å².